The number of hydrogen-bond acceptors (Lipinski definition) is 21. The molecular formula is C63H89N21O20. The lowest BCUT2D eigenvalue weighted by atomic mass is 9.99. The van der Waals surface area contributed by atoms with Crippen molar-refractivity contribution in [2.24, 2.45) is 5.73 Å². The van der Waals surface area contributed by atoms with Crippen LogP contribution in [0.2, 0.25) is 0 Å². The highest BCUT2D eigenvalue weighted by Crippen LogP contribution is 2.20. The van der Waals surface area contributed by atoms with E-state index in [9.17, 15) is 95.9 Å². The fraction of sp³-hybridized carbons (Fsp3) is 0.524. The van der Waals surface area contributed by atoms with Gasteiger partial charge in [-0.2, -0.15) is 0 Å². The normalized spacial score (nSPS) is 11.6. The molecule has 0 radical (unpaired) electrons. The molecule has 41 heteroatoms. The van der Waals surface area contributed by atoms with E-state index in [4.69, 9.17) is 5.73 Å². The molecule has 5 heterocycles. The van der Waals surface area contributed by atoms with E-state index in [2.05, 4.69) is 56.8 Å². The third-order valence-electron chi connectivity index (χ3n) is 16.8. The van der Waals surface area contributed by atoms with Gasteiger partial charge in [-0.3, -0.25) is 120 Å². The number of nitrogens with two attached hydrogens (primary N) is 1. The van der Waals surface area contributed by atoms with Crippen molar-refractivity contribution in [3.8, 4) is 0 Å². The monoisotopic (exact) mass is 1460 g/mol. The quantitative estimate of drug-likeness (QED) is 0.0182. The minimum Gasteiger partial charge on any atom is -0.353 e. The molecule has 0 saturated carbocycles. The van der Waals surface area contributed by atoms with Gasteiger partial charge in [-0.05, 0) is 90.0 Å². The first-order valence-electron chi connectivity index (χ1n) is 32.5. The van der Waals surface area contributed by atoms with Crippen LogP contribution in [-0.4, -0.2) is 221 Å². The van der Waals surface area contributed by atoms with Gasteiger partial charge in [-0.1, -0.05) is 0 Å². The SMILES string of the molecule is Cc1cn(CC(=O)NC(C)(C)C(=O)NCCN(C(=O)Cn2cc(C)c(=O)[nH]c2=O)C(C)(C)C(=O)NCCN(C(=O)Cn2cc(C)c(=O)[nH]c2=O)C(C)(C)C(=O)NCCN(C(=O)Cn2cc(C)c(=O)[nH]c2=O)C(C)(C)C(=O)NCCN(CC(=O)NCCN)C(=O)Cn2cc(C)c(=O)[nH]c2=O)c(=O)[nH]c1=O. The topological polar surface area (TPSA) is 556 Å². The highest BCUT2D eigenvalue weighted by Gasteiger charge is 2.42. The molecule has 0 bridgehead atoms. The Morgan fingerprint density at radius 3 is 0.904 bits per heavy atom. The van der Waals surface area contributed by atoms with Gasteiger partial charge in [0.05, 0.1) is 6.54 Å². The number of hydrogen-bond donors (Lipinski definition) is 12. The van der Waals surface area contributed by atoms with Gasteiger partial charge in [-0.15, -0.1) is 0 Å². The molecule has 0 saturated heterocycles. The van der Waals surface area contributed by atoms with Crippen LogP contribution >= 0.6 is 0 Å². The number of amides is 10. The molecule has 5 aromatic rings. The Labute approximate surface area is 590 Å². The summed E-state index contributed by atoms with van der Waals surface area (Å²) in [6, 6.07) is 0. The van der Waals surface area contributed by atoms with Crippen LogP contribution in [0.5, 0.6) is 0 Å². The second-order valence-electron chi connectivity index (χ2n) is 26.5. The highest BCUT2D eigenvalue weighted by atomic mass is 16.2. The summed E-state index contributed by atoms with van der Waals surface area (Å²) >= 11 is 0. The van der Waals surface area contributed by atoms with Crippen LogP contribution in [0.3, 0.4) is 0 Å². The minimum atomic E-state index is -2.00. The van der Waals surface area contributed by atoms with Crippen LogP contribution in [0.15, 0.2) is 78.9 Å². The molecule has 10 amide bonds. The second kappa shape index (κ2) is 34.6. The zero-order chi connectivity index (χ0) is 78.3. The molecule has 0 unspecified atom stereocenters. The largest absolute Gasteiger partial charge is 0.353 e. The molecular weight excluding hydrogens is 1370 g/mol. The summed E-state index contributed by atoms with van der Waals surface area (Å²) in [6.45, 7) is 9.50. The molecule has 0 aliphatic rings. The maximum absolute atomic E-state index is 14.7. The van der Waals surface area contributed by atoms with Gasteiger partial charge in [0, 0.05) is 124 Å². The van der Waals surface area contributed by atoms with Crippen LogP contribution < -0.4 is 93.9 Å². The van der Waals surface area contributed by atoms with Crippen molar-refractivity contribution in [1.29, 1.82) is 0 Å². The smallest absolute Gasteiger partial charge is 0.328 e. The molecule has 13 N–H and O–H groups in total. The van der Waals surface area contributed by atoms with E-state index in [0.717, 1.165) is 73.4 Å². The zero-order valence-electron chi connectivity index (χ0n) is 60.0. The summed E-state index contributed by atoms with van der Waals surface area (Å²) < 4.78 is 4.42. The van der Waals surface area contributed by atoms with Gasteiger partial charge in [0.25, 0.3) is 27.8 Å². The summed E-state index contributed by atoms with van der Waals surface area (Å²) in [5, 5.41) is 15.5. The molecule has 0 fully saturated rings. The van der Waals surface area contributed by atoms with Gasteiger partial charge in [0.1, 0.15) is 54.9 Å². The van der Waals surface area contributed by atoms with Crippen molar-refractivity contribution in [1.82, 2.24) is 99.3 Å². The Morgan fingerprint density at radius 1 is 0.356 bits per heavy atom. The minimum absolute atomic E-state index is 0.0169. The molecule has 0 aliphatic carbocycles. The predicted octanol–water partition coefficient (Wildman–Crippen LogP) is -8.64. The second-order valence-corrected chi connectivity index (χ2v) is 26.5. The predicted molar refractivity (Wildman–Crippen MR) is 371 cm³/mol. The number of nitrogens with zero attached hydrogens (tertiary/aromatic N) is 9. The molecule has 5 aromatic heterocycles. The fourth-order valence-electron chi connectivity index (χ4n) is 10.5. The molecule has 0 aromatic carbocycles. The highest BCUT2D eigenvalue weighted by molar-refractivity contribution is 5.94. The summed E-state index contributed by atoms with van der Waals surface area (Å²) in [6.07, 6.45) is 5.61. The Kier molecular flexibility index (Phi) is 27.5. The fourth-order valence-corrected chi connectivity index (χ4v) is 10.5. The van der Waals surface area contributed by atoms with Gasteiger partial charge < -0.3 is 57.2 Å². The van der Waals surface area contributed by atoms with E-state index < -0.39 is 216 Å². The Bertz CT molecular complexity index is 4780. The number of nitrogens with one attached hydrogen (secondary N) is 11. The maximum atomic E-state index is 14.7. The standard InChI is InChI=1S/C63H89N21O20/c1-35-24-77(55(100)70-46(35)91)30-41(86)75-60(6,7)51(96)66-17-21-82(43(88)32-79-26-37(3)48(93)72-57(79)102)62(10,11)53(98)68-19-23-84(45(90)34-81-28-39(5)50(95)74-59(81)104)63(12,13)54(99)69-18-22-83(44(89)33-80-27-38(4)49(94)73-58(80)103)61(8,9)52(97)67-16-20-76(29-40(85)65-15-14-64)42(87)31-78-25-36(2)47(92)71-56(78)101/h24-28H,14-23,29-34,64H2,1-13H3,(H,65,85)(H,66,96)(H,67,97)(H,68,98)(H,69,99)(H,75,86)(H,70,91,100)(H,71,92,101)(H,72,93,102)(H,73,94,103)(H,74,95,104). The number of H-pyrrole nitrogens is 5. The molecule has 104 heavy (non-hydrogen) atoms. The van der Waals surface area contributed by atoms with Crippen LogP contribution in [0, 0.1) is 34.6 Å². The van der Waals surface area contributed by atoms with Gasteiger partial charge >= 0.3 is 28.4 Å². The van der Waals surface area contributed by atoms with Gasteiger partial charge in [0.15, 0.2) is 0 Å². The first-order valence-corrected chi connectivity index (χ1v) is 32.5. The number of carbonyl (C=O) groups is 10. The van der Waals surface area contributed by atoms with Gasteiger partial charge in [-0.25, -0.2) is 24.0 Å². The van der Waals surface area contributed by atoms with Crippen LogP contribution in [0.4, 0.5) is 0 Å². The summed E-state index contributed by atoms with van der Waals surface area (Å²) in [4.78, 5) is 280. The van der Waals surface area contributed by atoms with E-state index in [1.54, 1.807) is 0 Å². The Morgan fingerprint density at radius 2 is 0.615 bits per heavy atom. The van der Waals surface area contributed by atoms with Gasteiger partial charge in [0.2, 0.25) is 59.1 Å². The molecule has 41 nitrogen and oxygen atoms in total. The van der Waals surface area contributed by atoms with Crippen molar-refractivity contribution in [3.05, 3.63) is 163 Å². The van der Waals surface area contributed by atoms with Crippen LogP contribution in [-0.2, 0) is 80.7 Å². The molecule has 566 valence electrons. The third-order valence-corrected chi connectivity index (χ3v) is 16.8. The third kappa shape index (κ3) is 21.3. The first kappa shape index (κ1) is 82.7. The molecule has 0 atom stereocenters. The first-order chi connectivity index (χ1) is 48.3. The van der Waals surface area contributed by atoms with Crippen LogP contribution in [0.25, 0.3) is 0 Å². The maximum Gasteiger partial charge on any atom is 0.328 e. The number of rotatable bonds is 34. The number of aryl methyl sites for hydroxylation is 5. The number of aromatic nitrogens is 10. The van der Waals surface area contributed by atoms with Crippen molar-refractivity contribution >= 4 is 59.1 Å². The average Bonchev–Trinajstić information content (AvgIpc) is 0.792. The van der Waals surface area contributed by atoms with E-state index in [1.807, 2.05) is 0 Å². The molecule has 0 aliphatic heterocycles. The Balaban J connectivity index is 1.41. The average molecular weight is 1460 g/mol. The van der Waals surface area contributed by atoms with Crippen LogP contribution in [0.1, 0.15) is 83.2 Å². The number of aromatic amines is 5. The molecule has 0 spiro atoms. The van der Waals surface area contributed by atoms with E-state index in [-0.39, 0.29) is 54.0 Å². The number of carbonyl (C=O) groups excluding carboxylic acids is 10. The lowest BCUT2D eigenvalue weighted by Crippen LogP contribution is -2.63. The van der Waals surface area contributed by atoms with Crippen molar-refractivity contribution < 1.29 is 47.9 Å². The van der Waals surface area contributed by atoms with Crippen molar-refractivity contribution in [3.63, 3.8) is 0 Å². The summed E-state index contributed by atoms with van der Waals surface area (Å²) in [7, 11) is 0. The van der Waals surface area contributed by atoms with E-state index in [1.165, 1.54) is 90.0 Å². The lowest BCUT2D eigenvalue weighted by Gasteiger charge is -2.40. The van der Waals surface area contributed by atoms with Crippen molar-refractivity contribution in [2.75, 3.05) is 72.0 Å². The summed E-state index contributed by atoms with van der Waals surface area (Å²) in [5.41, 5.74) is -10.1. The van der Waals surface area contributed by atoms with Crippen molar-refractivity contribution in [2.45, 2.75) is 145 Å². The zero-order valence-corrected chi connectivity index (χ0v) is 60.0. The Hall–Kier alpha value is -11.9. The van der Waals surface area contributed by atoms with E-state index >= 15 is 0 Å². The lowest BCUT2D eigenvalue weighted by molar-refractivity contribution is -0.148. The summed E-state index contributed by atoms with van der Waals surface area (Å²) in [5.74, 6) is -8.61. The molecule has 5 rings (SSSR count). The van der Waals surface area contributed by atoms with E-state index in [0.29, 0.717) is 0 Å².